The molecule has 82 valence electrons. The van der Waals surface area contributed by atoms with Gasteiger partial charge in [-0.1, -0.05) is 30.3 Å². The van der Waals surface area contributed by atoms with Crippen molar-refractivity contribution < 1.29 is 14.6 Å². The molecule has 0 unspecified atom stereocenters. The third-order valence-electron chi connectivity index (χ3n) is 2.14. The first kappa shape index (κ1) is 11.7. The van der Waals surface area contributed by atoms with Crippen molar-refractivity contribution in [1.29, 1.82) is 0 Å². The molecule has 3 N–H and O–H groups in total. The van der Waals surface area contributed by atoms with E-state index in [2.05, 4.69) is 4.74 Å². The van der Waals surface area contributed by atoms with Gasteiger partial charge in [-0.25, -0.2) is 0 Å². The number of hydrogen-bond acceptors (Lipinski definition) is 4. The average molecular weight is 209 g/mol. The number of carbonyl (C=O) groups excluding carboxylic acids is 1. The lowest BCUT2D eigenvalue weighted by Crippen LogP contribution is -2.39. The van der Waals surface area contributed by atoms with Crippen LogP contribution in [0.15, 0.2) is 30.3 Å². The van der Waals surface area contributed by atoms with E-state index < -0.39 is 12.1 Å². The van der Waals surface area contributed by atoms with Crippen LogP contribution in [0, 0.1) is 0 Å². The van der Waals surface area contributed by atoms with Gasteiger partial charge in [0.05, 0.1) is 0 Å². The zero-order chi connectivity index (χ0) is 11.1. The molecule has 0 aliphatic rings. The van der Waals surface area contributed by atoms with Crippen LogP contribution in [-0.4, -0.2) is 30.3 Å². The zero-order valence-electron chi connectivity index (χ0n) is 8.37. The van der Waals surface area contributed by atoms with Crippen molar-refractivity contribution in [3.63, 3.8) is 0 Å². The first-order valence-corrected chi connectivity index (χ1v) is 4.77. The number of aliphatic hydroxyl groups excluding tert-OH is 1. The van der Waals surface area contributed by atoms with Crippen molar-refractivity contribution in [1.82, 2.24) is 0 Å². The quantitative estimate of drug-likeness (QED) is 0.651. The van der Waals surface area contributed by atoms with E-state index in [1.165, 1.54) is 0 Å². The summed E-state index contributed by atoms with van der Waals surface area (Å²) in [5.41, 5.74) is 6.80. The van der Waals surface area contributed by atoms with Crippen LogP contribution in [-0.2, 0) is 16.0 Å². The van der Waals surface area contributed by atoms with Gasteiger partial charge in [-0.2, -0.15) is 0 Å². The Kier molecular flexibility index (Phi) is 4.80. The number of benzene rings is 1. The van der Waals surface area contributed by atoms with Gasteiger partial charge in [0.15, 0.2) is 0 Å². The van der Waals surface area contributed by atoms with Gasteiger partial charge in [-0.3, -0.25) is 4.79 Å². The lowest BCUT2D eigenvalue weighted by Gasteiger charge is -2.17. The number of carbonyl (C=O) groups is 1. The number of hydrogen-bond donors (Lipinski definition) is 2. The van der Waals surface area contributed by atoms with Crippen LogP contribution in [0.5, 0.6) is 0 Å². The monoisotopic (exact) mass is 209 g/mol. The standard InChI is InChI=1S/C11H15NO3/c12-10(11(14)7-15-8-13)6-9-4-2-1-3-5-9/h1-5,8,10-11,14H,6-7,12H2/t10-,11-/m0/s1. The van der Waals surface area contributed by atoms with E-state index >= 15 is 0 Å². The van der Waals surface area contributed by atoms with Gasteiger partial charge < -0.3 is 15.6 Å². The van der Waals surface area contributed by atoms with Gasteiger partial charge in [-0.15, -0.1) is 0 Å². The molecule has 2 atom stereocenters. The highest BCUT2D eigenvalue weighted by molar-refractivity contribution is 5.36. The summed E-state index contributed by atoms with van der Waals surface area (Å²) in [6, 6.07) is 9.20. The number of aliphatic hydroxyl groups is 1. The molecule has 1 aromatic carbocycles. The summed E-state index contributed by atoms with van der Waals surface area (Å²) < 4.78 is 4.44. The Morgan fingerprint density at radius 1 is 1.40 bits per heavy atom. The SMILES string of the molecule is N[C@@H](Cc1ccccc1)[C@@H](O)COC=O. The summed E-state index contributed by atoms with van der Waals surface area (Å²) in [5, 5.41) is 9.50. The first-order valence-electron chi connectivity index (χ1n) is 4.77. The Bertz CT molecular complexity index is 289. The second-order valence-electron chi connectivity index (χ2n) is 3.35. The van der Waals surface area contributed by atoms with E-state index in [0.29, 0.717) is 12.9 Å². The summed E-state index contributed by atoms with van der Waals surface area (Å²) in [7, 11) is 0. The third-order valence-corrected chi connectivity index (χ3v) is 2.14. The number of ether oxygens (including phenoxy) is 1. The van der Waals surface area contributed by atoms with Crippen molar-refractivity contribution in [2.45, 2.75) is 18.6 Å². The molecule has 1 aromatic rings. The maximum atomic E-state index is 9.92. The Morgan fingerprint density at radius 2 is 2.07 bits per heavy atom. The highest BCUT2D eigenvalue weighted by Gasteiger charge is 2.15. The molecule has 0 heterocycles. The summed E-state index contributed by atoms with van der Waals surface area (Å²) >= 11 is 0. The van der Waals surface area contributed by atoms with Crippen molar-refractivity contribution in [3.05, 3.63) is 35.9 Å². The minimum Gasteiger partial charge on any atom is -0.465 e. The van der Waals surface area contributed by atoms with Crippen molar-refractivity contribution in [3.8, 4) is 0 Å². The van der Waals surface area contributed by atoms with Crippen molar-refractivity contribution in [2.75, 3.05) is 6.61 Å². The van der Waals surface area contributed by atoms with Crippen LogP contribution < -0.4 is 5.73 Å². The molecule has 0 saturated heterocycles. The molecule has 0 aliphatic carbocycles. The Balaban J connectivity index is 2.41. The molecule has 0 spiro atoms. The van der Waals surface area contributed by atoms with Gasteiger partial charge in [0.1, 0.15) is 12.7 Å². The number of rotatable bonds is 6. The van der Waals surface area contributed by atoms with E-state index in [1.807, 2.05) is 30.3 Å². The molecule has 0 fully saturated rings. The van der Waals surface area contributed by atoms with E-state index in [-0.39, 0.29) is 6.61 Å². The topological polar surface area (TPSA) is 72.6 Å². The highest BCUT2D eigenvalue weighted by atomic mass is 16.5. The largest absolute Gasteiger partial charge is 0.465 e. The van der Waals surface area contributed by atoms with Gasteiger partial charge in [0.25, 0.3) is 6.47 Å². The maximum Gasteiger partial charge on any atom is 0.293 e. The summed E-state index contributed by atoms with van der Waals surface area (Å²) in [5.74, 6) is 0. The molecule has 0 aromatic heterocycles. The fraction of sp³-hybridized carbons (Fsp3) is 0.364. The predicted molar refractivity (Wildman–Crippen MR) is 56.1 cm³/mol. The summed E-state index contributed by atoms with van der Waals surface area (Å²) in [6.07, 6.45) is -0.264. The van der Waals surface area contributed by atoms with Crippen molar-refractivity contribution >= 4 is 6.47 Å². The molecule has 15 heavy (non-hydrogen) atoms. The van der Waals surface area contributed by atoms with Crippen LogP contribution in [0.4, 0.5) is 0 Å². The van der Waals surface area contributed by atoms with Gasteiger partial charge >= 0.3 is 0 Å². The molecule has 1 rings (SSSR count). The van der Waals surface area contributed by atoms with Crippen LogP contribution in [0.2, 0.25) is 0 Å². The second-order valence-corrected chi connectivity index (χ2v) is 3.35. The molecule has 0 aliphatic heterocycles. The average Bonchev–Trinajstić information content (AvgIpc) is 2.27. The molecular weight excluding hydrogens is 194 g/mol. The van der Waals surface area contributed by atoms with Gasteiger partial charge in [0.2, 0.25) is 0 Å². The minimum absolute atomic E-state index is 0.0580. The molecule has 0 saturated carbocycles. The molecular formula is C11H15NO3. The zero-order valence-corrected chi connectivity index (χ0v) is 8.37. The predicted octanol–water partition coefficient (Wildman–Crippen LogP) is 0.0903. The smallest absolute Gasteiger partial charge is 0.293 e. The third kappa shape index (κ3) is 4.10. The van der Waals surface area contributed by atoms with Crippen LogP contribution in [0.1, 0.15) is 5.56 Å². The Labute approximate surface area is 88.7 Å². The van der Waals surface area contributed by atoms with Crippen LogP contribution >= 0.6 is 0 Å². The molecule has 0 amide bonds. The van der Waals surface area contributed by atoms with E-state index in [0.717, 1.165) is 5.56 Å². The highest BCUT2D eigenvalue weighted by Crippen LogP contribution is 2.04. The molecule has 4 nitrogen and oxygen atoms in total. The Morgan fingerprint density at radius 3 is 2.67 bits per heavy atom. The normalized spacial score (nSPS) is 14.3. The lowest BCUT2D eigenvalue weighted by molar-refractivity contribution is -0.131. The fourth-order valence-electron chi connectivity index (χ4n) is 1.28. The van der Waals surface area contributed by atoms with E-state index in [1.54, 1.807) is 0 Å². The minimum atomic E-state index is -0.824. The molecule has 4 heteroatoms. The van der Waals surface area contributed by atoms with Crippen LogP contribution in [0.3, 0.4) is 0 Å². The summed E-state index contributed by atoms with van der Waals surface area (Å²) in [6.45, 7) is 0.246. The summed E-state index contributed by atoms with van der Waals surface area (Å²) in [4.78, 5) is 9.92. The maximum absolute atomic E-state index is 9.92. The fourth-order valence-corrected chi connectivity index (χ4v) is 1.28. The van der Waals surface area contributed by atoms with E-state index in [9.17, 15) is 9.90 Å². The first-order chi connectivity index (χ1) is 7.24. The molecule has 0 bridgehead atoms. The second kappa shape index (κ2) is 6.16. The van der Waals surface area contributed by atoms with Gasteiger partial charge in [-0.05, 0) is 12.0 Å². The van der Waals surface area contributed by atoms with Gasteiger partial charge in [0, 0.05) is 6.04 Å². The molecule has 0 radical (unpaired) electrons. The lowest BCUT2D eigenvalue weighted by atomic mass is 10.0. The Hall–Kier alpha value is -1.39. The van der Waals surface area contributed by atoms with Crippen LogP contribution in [0.25, 0.3) is 0 Å². The number of nitrogens with two attached hydrogens (primary N) is 1. The van der Waals surface area contributed by atoms with Crippen molar-refractivity contribution in [2.24, 2.45) is 5.73 Å². The van der Waals surface area contributed by atoms with E-state index in [4.69, 9.17) is 5.73 Å².